The third kappa shape index (κ3) is 4.72. The van der Waals surface area contributed by atoms with Crippen LogP contribution in [0.2, 0.25) is 0 Å². The highest BCUT2D eigenvalue weighted by molar-refractivity contribution is 5.83. The van der Waals surface area contributed by atoms with Gasteiger partial charge in [-0.25, -0.2) is 0 Å². The number of alkyl halides is 3. The van der Waals surface area contributed by atoms with E-state index in [9.17, 15) is 13.2 Å². The van der Waals surface area contributed by atoms with Gasteiger partial charge in [-0.05, 0) is 25.3 Å². The molecule has 0 spiro atoms. The van der Waals surface area contributed by atoms with E-state index in [2.05, 4.69) is 10.5 Å². The summed E-state index contributed by atoms with van der Waals surface area (Å²) in [6, 6.07) is 0. The first-order valence-corrected chi connectivity index (χ1v) is 6.20. The summed E-state index contributed by atoms with van der Waals surface area (Å²) in [5.41, 5.74) is 5.06. The minimum absolute atomic E-state index is 0.337. The van der Waals surface area contributed by atoms with Crippen molar-refractivity contribution < 1.29 is 18.4 Å². The number of amidine groups is 1. The van der Waals surface area contributed by atoms with Crippen molar-refractivity contribution in [3.05, 3.63) is 0 Å². The standard InChI is InChI=1S/C11H20F3N3O/c12-11(13,14)9(10(15)17-18)7-16-6-8-4-2-1-3-5-8/h8-9,16,18H,1-7H2,(H2,15,17). The van der Waals surface area contributed by atoms with Crippen molar-refractivity contribution in [1.29, 1.82) is 0 Å². The van der Waals surface area contributed by atoms with Crippen LogP contribution >= 0.6 is 0 Å². The smallest absolute Gasteiger partial charge is 0.400 e. The largest absolute Gasteiger partial charge is 0.409 e. The van der Waals surface area contributed by atoms with Crippen LogP contribution in [0.3, 0.4) is 0 Å². The second kappa shape index (κ2) is 6.82. The van der Waals surface area contributed by atoms with Crippen molar-refractivity contribution in [2.24, 2.45) is 22.7 Å². The van der Waals surface area contributed by atoms with Gasteiger partial charge >= 0.3 is 6.18 Å². The average Bonchev–Trinajstić information content (AvgIpc) is 2.33. The summed E-state index contributed by atoms with van der Waals surface area (Å²) >= 11 is 0. The predicted octanol–water partition coefficient (Wildman–Crippen LogP) is 2.08. The molecular formula is C11H20F3N3O. The van der Waals surface area contributed by atoms with Gasteiger partial charge in [0.05, 0.1) is 0 Å². The Bertz CT molecular complexity index is 275. The third-order valence-corrected chi connectivity index (χ3v) is 3.37. The van der Waals surface area contributed by atoms with Gasteiger partial charge in [0.25, 0.3) is 0 Å². The van der Waals surface area contributed by atoms with Crippen LogP contribution < -0.4 is 11.1 Å². The van der Waals surface area contributed by atoms with Crippen LogP contribution in [0.4, 0.5) is 13.2 Å². The molecule has 4 nitrogen and oxygen atoms in total. The topological polar surface area (TPSA) is 70.6 Å². The molecule has 0 aliphatic heterocycles. The zero-order chi connectivity index (χ0) is 13.6. The summed E-state index contributed by atoms with van der Waals surface area (Å²) in [6.07, 6.45) is 1.15. The van der Waals surface area contributed by atoms with Gasteiger partial charge < -0.3 is 16.3 Å². The molecule has 1 fully saturated rings. The molecule has 7 heteroatoms. The summed E-state index contributed by atoms with van der Waals surface area (Å²) < 4.78 is 37.8. The Morgan fingerprint density at radius 1 is 1.33 bits per heavy atom. The second-order valence-corrected chi connectivity index (χ2v) is 4.78. The summed E-state index contributed by atoms with van der Waals surface area (Å²) in [4.78, 5) is 0. The number of nitrogens with zero attached hydrogens (tertiary/aromatic N) is 1. The molecule has 0 aromatic rings. The van der Waals surface area contributed by atoms with Crippen molar-refractivity contribution in [2.45, 2.75) is 38.3 Å². The number of hydrogen-bond acceptors (Lipinski definition) is 3. The molecule has 0 bridgehead atoms. The van der Waals surface area contributed by atoms with Gasteiger partial charge in [0.1, 0.15) is 5.92 Å². The van der Waals surface area contributed by atoms with Gasteiger partial charge in [0.2, 0.25) is 0 Å². The molecule has 0 radical (unpaired) electrons. The van der Waals surface area contributed by atoms with Crippen LogP contribution in [-0.2, 0) is 0 Å². The zero-order valence-corrected chi connectivity index (χ0v) is 10.2. The molecule has 0 saturated heterocycles. The van der Waals surface area contributed by atoms with E-state index in [4.69, 9.17) is 10.9 Å². The Kier molecular flexibility index (Phi) is 5.71. The van der Waals surface area contributed by atoms with Gasteiger partial charge in [-0.3, -0.25) is 0 Å². The number of nitrogens with two attached hydrogens (primary N) is 1. The molecule has 4 N–H and O–H groups in total. The monoisotopic (exact) mass is 267 g/mol. The predicted molar refractivity (Wildman–Crippen MR) is 62.4 cm³/mol. The first-order valence-electron chi connectivity index (χ1n) is 6.20. The molecule has 0 aromatic heterocycles. The SMILES string of the molecule is NC(=NO)C(CNCC1CCCCC1)C(F)(F)F. The molecule has 1 atom stereocenters. The normalized spacial score (nSPS) is 20.9. The lowest BCUT2D eigenvalue weighted by molar-refractivity contribution is -0.155. The number of oxime groups is 1. The molecule has 106 valence electrons. The number of rotatable bonds is 5. The second-order valence-electron chi connectivity index (χ2n) is 4.78. The molecule has 18 heavy (non-hydrogen) atoms. The quantitative estimate of drug-likeness (QED) is 0.309. The van der Waals surface area contributed by atoms with Crippen LogP contribution in [0.25, 0.3) is 0 Å². The summed E-state index contributed by atoms with van der Waals surface area (Å²) in [5, 5.41) is 13.6. The fourth-order valence-corrected chi connectivity index (χ4v) is 2.28. The Labute approximate surface area is 104 Å². The van der Waals surface area contributed by atoms with E-state index in [-0.39, 0.29) is 6.54 Å². The van der Waals surface area contributed by atoms with Crippen molar-refractivity contribution >= 4 is 5.84 Å². The maximum absolute atomic E-state index is 12.6. The average molecular weight is 267 g/mol. The van der Waals surface area contributed by atoms with E-state index in [1.807, 2.05) is 0 Å². The number of hydrogen-bond donors (Lipinski definition) is 3. The van der Waals surface area contributed by atoms with Crippen LogP contribution in [-0.4, -0.2) is 30.3 Å². The molecule has 1 aliphatic rings. The minimum atomic E-state index is -4.49. The van der Waals surface area contributed by atoms with Gasteiger partial charge in [0, 0.05) is 6.54 Å². The van der Waals surface area contributed by atoms with E-state index in [0.717, 1.165) is 25.7 Å². The first kappa shape index (κ1) is 15.1. The summed E-state index contributed by atoms with van der Waals surface area (Å²) in [7, 11) is 0. The lowest BCUT2D eigenvalue weighted by Gasteiger charge is -2.24. The lowest BCUT2D eigenvalue weighted by atomic mass is 9.89. The van der Waals surface area contributed by atoms with Crippen molar-refractivity contribution in [3.8, 4) is 0 Å². The van der Waals surface area contributed by atoms with Gasteiger partial charge in [0.15, 0.2) is 5.84 Å². The van der Waals surface area contributed by atoms with E-state index in [1.165, 1.54) is 6.42 Å². The molecule has 0 heterocycles. The van der Waals surface area contributed by atoms with E-state index >= 15 is 0 Å². The Balaban J connectivity index is 2.37. The Morgan fingerprint density at radius 3 is 2.44 bits per heavy atom. The summed E-state index contributed by atoms with van der Waals surface area (Å²) in [5.74, 6) is -2.27. The highest BCUT2D eigenvalue weighted by Crippen LogP contribution is 2.26. The van der Waals surface area contributed by atoms with Crippen LogP contribution in [0.5, 0.6) is 0 Å². The van der Waals surface area contributed by atoms with Crippen LogP contribution in [0.1, 0.15) is 32.1 Å². The Morgan fingerprint density at radius 2 is 1.94 bits per heavy atom. The van der Waals surface area contributed by atoms with Gasteiger partial charge in [-0.1, -0.05) is 24.4 Å². The summed E-state index contributed by atoms with van der Waals surface area (Å²) in [6.45, 7) is 0.223. The van der Waals surface area contributed by atoms with Gasteiger partial charge in [-0.15, -0.1) is 0 Å². The van der Waals surface area contributed by atoms with Crippen LogP contribution in [0.15, 0.2) is 5.16 Å². The van der Waals surface area contributed by atoms with Crippen molar-refractivity contribution in [2.75, 3.05) is 13.1 Å². The van der Waals surface area contributed by atoms with E-state index in [0.29, 0.717) is 12.5 Å². The molecule has 1 aliphatic carbocycles. The molecule has 1 saturated carbocycles. The maximum Gasteiger partial charge on any atom is 0.400 e. The third-order valence-electron chi connectivity index (χ3n) is 3.37. The van der Waals surface area contributed by atoms with Crippen LogP contribution in [0, 0.1) is 11.8 Å². The fourth-order valence-electron chi connectivity index (χ4n) is 2.28. The maximum atomic E-state index is 12.6. The Hall–Kier alpha value is -0.980. The van der Waals surface area contributed by atoms with Crippen molar-refractivity contribution in [1.82, 2.24) is 5.32 Å². The zero-order valence-electron chi connectivity index (χ0n) is 10.2. The number of nitrogens with one attached hydrogen (secondary N) is 1. The highest BCUT2D eigenvalue weighted by Gasteiger charge is 2.42. The van der Waals surface area contributed by atoms with Crippen molar-refractivity contribution in [3.63, 3.8) is 0 Å². The number of halogens is 3. The van der Waals surface area contributed by atoms with Gasteiger partial charge in [-0.2, -0.15) is 13.2 Å². The first-order chi connectivity index (χ1) is 8.45. The van der Waals surface area contributed by atoms with E-state index < -0.39 is 17.9 Å². The molecule has 0 amide bonds. The van der Waals surface area contributed by atoms with E-state index in [1.54, 1.807) is 0 Å². The fraction of sp³-hybridized carbons (Fsp3) is 0.909. The molecule has 0 aromatic carbocycles. The molecule has 1 unspecified atom stereocenters. The highest BCUT2D eigenvalue weighted by atomic mass is 19.4. The lowest BCUT2D eigenvalue weighted by Crippen LogP contribution is -2.43. The minimum Gasteiger partial charge on any atom is -0.409 e. The molecular weight excluding hydrogens is 247 g/mol. The molecule has 1 rings (SSSR count).